The second-order valence-corrected chi connectivity index (χ2v) is 5.53. The van der Waals surface area contributed by atoms with Crippen LogP contribution >= 0.6 is 0 Å². The Hall–Kier alpha value is -1.71. The molecule has 1 aromatic rings. The topological polar surface area (TPSA) is 64.3 Å². The van der Waals surface area contributed by atoms with Crippen molar-refractivity contribution in [2.75, 3.05) is 12.8 Å². The van der Waals surface area contributed by atoms with Crippen LogP contribution in [0.5, 0.6) is 5.75 Å². The molecular formula is C14H20N2O2. The Kier molecular flexibility index (Phi) is 3.20. The van der Waals surface area contributed by atoms with Crippen molar-refractivity contribution in [3.63, 3.8) is 0 Å². The van der Waals surface area contributed by atoms with Gasteiger partial charge in [-0.3, -0.25) is 4.79 Å². The third kappa shape index (κ3) is 2.58. The maximum atomic E-state index is 11.9. The highest BCUT2D eigenvalue weighted by atomic mass is 16.5. The third-order valence-corrected chi connectivity index (χ3v) is 3.59. The van der Waals surface area contributed by atoms with Crippen LogP contribution in [0, 0.1) is 11.3 Å². The highest BCUT2D eigenvalue weighted by Gasteiger charge is 2.50. The van der Waals surface area contributed by atoms with Crippen LogP contribution in [0.1, 0.15) is 25.8 Å². The number of amides is 1. The van der Waals surface area contributed by atoms with Crippen molar-refractivity contribution < 1.29 is 9.53 Å². The van der Waals surface area contributed by atoms with Crippen molar-refractivity contribution in [2.45, 2.75) is 26.8 Å². The third-order valence-electron chi connectivity index (χ3n) is 3.59. The molecule has 1 aliphatic carbocycles. The molecule has 0 aromatic heterocycles. The summed E-state index contributed by atoms with van der Waals surface area (Å²) in [4.78, 5) is 11.9. The molecule has 0 aliphatic heterocycles. The number of rotatable bonds is 4. The smallest absolute Gasteiger partial charge is 0.223 e. The number of nitrogens with two attached hydrogens (primary N) is 1. The number of nitrogens with one attached hydrogen (secondary N) is 1. The minimum Gasteiger partial charge on any atom is -0.496 e. The summed E-state index contributed by atoms with van der Waals surface area (Å²) in [6.45, 7) is 4.68. The zero-order valence-corrected chi connectivity index (χ0v) is 11.1. The number of ether oxygens (including phenoxy) is 1. The van der Waals surface area contributed by atoms with E-state index in [1.165, 1.54) is 0 Å². The number of hydrogen-bond acceptors (Lipinski definition) is 3. The zero-order valence-electron chi connectivity index (χ0n) is 11.1. The first kappa shape index (κ1) is 12.7. The molecule has 1 saturated carbocycles. The van der Waals surface area contributed by atoms with Crippen molar-refractivity contribution in [3.8, 4) is 5.75 Å². The first-order valence-electron chi connectivity index (χ1n) is 6.14. The summed E-state index contributed by atoms with van der Waals surface area (Å²) in [5.74, 6) is 1.01. The molecule has 1 fully saturated rings. The lowest BCUT2D eigenvalue weighted by molar-refractivity contribution is -0.123. The predicted molar refractivity (Wildman–Crippen MR) is 71.1 cm³/mol. The van der Waals surface area contributed by atoms with E-state index in [9.17, 15) is 4.79 Å². The minimum absolute atomic E-state index is 0.115. The Morgan fingerprint density at radius 3 is 2.78 bits per heavy atom. The molecule has 4 heteroatoms. The normalized spacial score (nSPS) is 20.3. The van der Waals surface area contributed by atoms with E-state index in [0.717, 1.165) is 17.7 Å². The van der Waals surface area contributed by atoms with Gasteiger partial charge in [-0.05, 0) is 30.0 Å². The zero-order chi connectivity index (χ0) is 13.3. The minimum atomic E-state index is 0.115. The first-order chi connectivity index (χ1) is 8.44. The Bertz CT molecular complexity index is 469. The summed E-state index contributed by atoms with van der Waals surface area (Å²) in [6, 6.07) is 5.43. The SMILES string of the molecule is COc1ccc(N)cc1CNC(=O)C1CC1(C)C. The number of methoxy groups -OCH3 is 1. The number of anilines is 1. The van der Waals surface area contributed by atoms with E-state index in [1.807, 2.05) is 12.1 Å². The monoisotopic (exact) mass is 248 g/mol. The fourth-order valence-electron chi connectivity index (χ4n) is 2.16. The molecule has 3 N–H and O–H groups in total. The van der Waals surface area contributed by atoms with Gasteiger partial charge in [0.15, 0.2) is 0 Å². The van der Waals surface area contributed by atoms with Crippen LogP contribution in [0.15, 0.2) is 18.2 Å². The molecule has 18 heavy (non-hydrogen) atoms. The molecular weight excluding hydrogens is 228 g/mol. The van der Waals surface area contributed by atoms with Crippen LogP contribution in [0.2, 0.25) is 0 Å². The lowest BCUT2D eigenvalue weighted by atomic mass is 10.1. The molecule has 0 bridgehead atoms. The van der Waals surface area contributed by atoms with Gasteiger partial charge < -0.3 is 15.8 Å². The summed E-state index contributed by atoms with van der Waals surface area (Å²) in [6.07, 6.45) is 0.965. The Morgan fingerprint density at radius 1 is 1.56 bits per heavy atom. The summed E-state index contributed by atoms with van der Waals surface area (Å²) < 4.78 is 5.24. The number of hydrogen-bond donors (Lipinski definition) is 2. The Morgan fingerprint density at radius 2 is 2.22 bits per heavy atom. The maximum absolute atomic E-state index is 11.9. The maximum Gasteiger partial charge on any atom is 0.223 e. The van der Waals surface area contributed by atoms with Crippen LogP contribution in [-0.2, 0) is 11.3 Å². The van der Waals surface area contributed by atoms with Crippen molar-refractivity contribution >= 4 is 11.6 Å². The fourth-order valence-corrected chi connectivity index (χ4v) is 2.16. The fraction of sp³-hybridized carbons (Fsp3) is 0.500. The highest BCUT2D eigenvalue weighted by Crippen LogP contribution is 2.51. The van der Waals surface area contributed by atoms with E-state index in [0.29, 0.717) is 12.2 Å². The molecule has 0 saturated heterocycles. The van der Waals surface area contributed by atoms with Crippen molar-refractivity contribution in [2.24, 2.45) is 11.3 Å². The van der Waals surface area contributed by atoms with E-state index in [4.69, 9.17) is 10.5 Å². The molecule has 1 unspecified atom stereocenters. The number of benzene rings is 1. The van der Waals surface area contributed by atoms with Gasteiger partial charge in [-0.1, -0.05) is 13.8 Å². The van der Waals surface area contributed by atoms with Gasteiger partial charge in [-0.2, -0.15) is 0 Å². The standard InChI is InChI=1S/C14H20N2O2/c1-14(2)7-11(14)13(17)16-8-9-6-10(15)4-5-12(9)18-3/h4-6,11H,7-8,15H2,1-3H3,(H,16,17). The molecule has 0 heterocycles. The van der Waals surface area contributed by atoms with Crippen LogP contribution in [-0.4, -0.2) is 13.0 Å². The van der Waals surface area contributed by atoms with Gasteiger partial charge in [0.05, 0.1) is 7.11 Å². The largest absolute Gasteiger partial charge is 0.496 e. The van der Waals surface area contributed by atoms with E-state index in [2.05, 4.69) is 19.2 Å². The van der Waals surface area contributed by atoms with E-state index >= 15 is 0 Å². The van der Waals surface area contributed by atoms with Crippen molar-refractivity contribution in [1.82, 2.24) is 5.32 Å². The van der Waals surface area contributed by atoms with E-state index < -0.39 is 0 Å². The van der Waals surface area contributed by atoms with Gasteiger partial charge in [0, 0.05) is 23.7 Å². The highest BCUT2D eigenvalue weighted by molar-refractivity contribution is 5.82. The van der Waals surface area contributed by atoms with Crippen LogP contribution in [0.3, 0.4) is 0 Å². The summed E-state index contributed by atoms with van der Waals surface area (Å²) in [5.41, 5.74) is 7.47. The summed E-state index contributed by atoms with van der Waals surface area (Å²) in [5, 5.41) is 2.94. The molecule has 1 aliphatic rings. The van der Waals surface area contributed by atoms with Crippen molar-refractivity contribution in [3.05, 3.63) is 23.8 Å². The van der Waals surface area contributed by atoms with Gasteiger partial charge in [0.25, 0.3) is 0 Å². The number of carbonyl (C=O) groups excluding carboxylic acids is 1. The average Bonchev–Trinajstić information content (AvgIpc) is 2.96. The molecule has 0 radical (unpaired) electrons. The second kappa shape index (κ2) is 4.52. The molecule has 4 nitrogen and oxygen atoms in total. The molecule has 1 atom stereocenters. The molecule has 0 spiro atoms. The molecule has 98 valence electrons. The van der Waals surface area contributed by atoms with Gasteiger partial charge in [0.1, 0.15) is 5.75 Å². The average molecular weight is 248 g/mol. The first-order valence-corrected chi connectivity index (χ1v) is 6.14. The van der Waals surface area contributed by atoms with Crippen LogP contribution in [0.4, 0.5) is 5.69 Å². The van der Waals surface area contributed by atoms with Crippen LogP contribution < -0.4 is 15.8 Å². The number of nitrogen functional groups attached to an aromatic ring is 1. The predicted octanol–water partition coefficient (Wildman–Crippen LogP) is 1.94. The van der Waals surface area contributed by atoms with Gasteiger partial charge in [0.2, 0.25) is 5.91 Å². The Balaban J connectivity index is 1.98. The number of carbonyl (C=O) groups is 1. The van der Waals surface area contributed by atoms with E-state index in [-0.39, 0.29) is 17.2 Å². The summed E-state index contributed by atoms with van der Waals surface area (Å²) >= 11 is 0. The lowest BCUT2D eigenvalue weighted by Gasteiger charge is -2.11. The summed E-state index contributed by atoms with van der Waals surface area (Å²) in [7, 11) is 1.61. The van der Waals surface area contributed by atoms with Gasteiger partial charge in [-0.25, -0.2) is 0 Å². The van der Waals surface area contributed by atoms with Gasteiger partial charge in [-0.15, -0.1) is 0 Å². The molecule has 1 aromatic carbocycles. The van der Waals surface area contributed by atoms with Crippen LogP contribution in [0.25, 0.3) is 0 Å². The second-order valence-electron chi connectivity index (χ2n) is 5.53. The van der Waals surface area contributed by atoms with Crippen molar-refractivity contribution in [1.29, 1.82) is 0 Å². The Labute approximate surface area is 108 Å². The molecule has 2 rings (SSSR count). The van der Waals surface area contributed by atoms with E-state index in [1.54, 1.807) is 13.2 Å². The quantitative estimate of drug-likeness (QED) is 0.800. The lowest BCUT2D eigenvalue weighted by Crippen LogP contribution is -2.26. The molecule has 1 amide bonds. The van der Waals surface area contributed by atoms with Gasteiger partial charge >= 0.3 is 0 Å².